The van der Waals surface area contributed by atoms with Crippen molar-refractivity contribution in [3.05, 3.63) is 59.9 Å². The number of piperidine rings is 1. The number of rotatable bonds is 8. The van der Waals surface area contributed by atoms with Crippen molar-refractivity contribution in [2.24, 2.45) is 5.92 Å². The normalized spacial score (nSPS) is 17.2. The summed E-state index contributed by atoms with van der Waals surface area (Å²) in [6.45, 7) is 7.08. The molecule has 3 rings (SSSR count). The highest BCUT2D eigenvalue weighted by Gasteiger charge is 2.26. The van der Waals surface area contributed by atoms with E-state index in [-0.39, 0.29) is 6.04 Å². The van der Waals surface area contributed by atoms with Crippen LogP contribution in [0.1, 0.15) is 43.5 Å². The van der Waals surface area contributed by atoms with E-state index in [0.29, 0.717) is 0 Å². The fourth-order valence-corrected chi connectivity index (χ4v) is 4.22. The predicted molar refractivity (Wildman–Crippen MR) is 111 cm³/mol. The minimum Gasteiger partial charge on any atom is -0.497 e. The third kappa shape index (κ3) is 5.30. The van der Waals surface area contributed by atoms with Gasteiger partial charge in [-0.1, -0.05) is 25.1 Å². The first-order chi connectivity index (χ1) is 13.2. The van der Waals surface area contributed by atoms with Gasteiger partial charge in [-0.05, 0) is 81.7 Å². The van der Waals surface area contributed by atoms with Gasteiger partial charge in [-0.15, -0.1) is 0 Å². The average Bonchev–Trinajstić information content (AvgIpc) is 2.71. The fraction of sp³-hybridized carbons (Fsp3) is 0.522. The third-order valence-corrected chi connectivity index (χ3v) is 5.61. The minimum atomic E-state index is 0.148. The number of nitrogens with zero attached hydrogens (tertiary/aromatic N) is 3. The maximum absolute atomic E-state index is 5.46. The molecule has 0 spiro atoms. The van der Waals surface area contributed by atoms with E-state index in [4.69, 9.17) is 4.74 Å². The van der Waals surface area contributed by atoms with Crippen LogP contribution in [-0.4, -0.2) is 55.1 Å². The van der Waals surface area contributed by atoms with E-state index in [0.717, 1.165) is 23.9 Å². The van der Waals surface area contributed by atoms with E-state index < -0.39 is 0 Å². The number of ether oxygens (including phenoxy) is 1. The molecule has 146 valence electrons. The average molecular weight is 368 g/mol. The Labute approximate surface area is 164 Å². The van der Waals surface area contributed by atoms with Crippen molar-refractivity contribution < 1.29 is 4.74 Å². The first-order valence-corrected chi connectivity index (χ1v) is 10.2. The summed E-state index contributed by atoms with van der Waals surface area (Å²) in [6, 6.07) is 14.7. The molecule has 1 fully saturated rings. The third-order valence-electron chi connectivity index (χ3n) is 5.61. The molecule has 27 heavy (non-hydrogen) atoms. The maximum Gasteiger partial charge on any atom is 0.119 e. The molecule has 4 nitrogen and oxygen atoms in total. The van der Waals surface area contributed by atoms with Crippen LogP contribution in [0.5, 0.6) is 5.75 Å². The van der Waals surface area contributed by atoms with Gasteiger partial charge in [0.05, 0.1) is 18.8 Å². The molecule has 2 heterocycles. The topological polar surface area (TPSA) is 28.6 Å². The van der Waals surface area contributed by atoms with E-state index in [1.54, 1.807) is 7.11 Å². The van der Waals surface area contributed by atoms with E-state index >= 15 is 0 Å². The number of aromatic nitrogens is 1. The molecule has 0 N–H and O–H groups in total. The summed E-state index contributed by atoms with van der Waals surface area (Å²) in [4.78, 5) is 9.75. The maximum atomic E-state index is 5.46. The first-order valence-electron chi connectivity index (χ1n) is 10.2. The van der Waals surface area contributed by atoms with Crippen molar-refractivity contribution in [3.63, 3.8) is 0 Å². The molecule has 4 heteroatoms. The smallest absolute Gasteiger partial charge is 0.119 e. The second kappa shape index (κ2) is 9.86. The lowest BCUT2D eigenvalue weighted by Gasteiger charge is -2.36. The Morgan fingerprint density at radius 1 is 1.19 bits per heavy atom. The van der Waals surface area contributed by atoms with Crippen LogP contribution < -0.4 is 4.74 Å². The summed E-state index contributed by atoms with van der Waals surface area (Å²) >= 11 is 0. The van der Waals surface area contributed by atoms with Gasteiger partial charge in [0.1, 0.15) is 5.75 Å². The number of methoxy groups -OCH3 is 1. The van der Waals surface area contributed by atoms with Gasteiger partial charge in [-0.2, -0.15) is 0 Å². The van der Waals surface area contributed by atoms with Crippen molar-refractivity contribution in [2.75, 3.05) is 40.3 Å². The van der Waals surface area contributed by atoms with Crippen molar-refractivity contribution in [1.29, 1.82) is 0 Å². The van der Waals surface area contributed by atoms with Crippen LogP contribution in [0.2, 0.25) is 0 Å². The molecular formula is C23H33N3O. The predicted octanol–water partition coefficient (Wildman–Crippen LogP) is 4.23. The number of benzene rings is 1. The first kappa shape index (κ1) is 19.8. The zero-order chi connectivity index (χ0) is 19.1. The van der Waals surface area contributed by atoms with Gasteiger partial charge in [-0.3, -0.25) is 9.88 Å². The van der Waals surface area contributed by atoms with Crippen molar-refractivity contribution >= 4 is 0 Å². The number of hydrogen-bond acceptors (Lipinski definition) is 4. The number of pyridine rings is 1. The molecule has 1 unspecified atom stereocenters. The minimum absolute atomic E-state index is 0.148. The Bertz CT molecular complexity index is 683. The SMILES string of the molecule is CCCN1CCC(CN(C)C(c2cccc(OC)c2)c2ccccn2)CC1. The zero-order valence-corrected chi connectivity index (χ0v) is 17.0. The van der Waals surface area contributed by atoms with Gasteiger partial charge in [-0.25, -0.2) is 0 Å². The second-order valence-corrected chi connectivity index (χ2v) is 7.66. The Morgan fingerprint density at radius 2 is 2.00 bits per heavy atom. The van der Waals surface area contributed by atoms with Gasteiger partial charge >= 0.3 is 0 Å². The van der Waals surface area contributed by atoms with E-state index in [1.165, 1.54) is 44.5 Å². The lowest BCUT2D eigenvalue weighted by Crippen LogP contribution is -2.39. The van der Waals surface area contributed by atoms with Gasteiger partial charge in [0.25, 0.3) is 0 Å². The van der Waals surface area contributed by atoms with Crippen molar-refractivity contribution in [1.82, 2.24) is 14.8 Å². The van der Waals surface area contributed by atoms with Crippen LogP contribution in [-0.2, 0) is 0 Å². The Morgan fingerprint density at radius 3 is 2.67 bits per heavy atom. The van der Waals surface area contributed by atoms with Crippen LogP contribution in [0.15, 0.2) is 48.7 Å². The van der Waals surface area contributed by atoms with Gasteiger partial charge < -0.3 is 9.64 Å². The van der Waals surface area contributed by atoms with Gasteiger partial charge in [0.15, 0.2) is 0 Å². The highest BCUT2D eigenvalue weighted by Crippen LogP contribution is 2.30. The molecule has 1 saturated heterocycles. The quantitative estimate of drug-likeness (QED) is 0.698. The fourth-order valence-electron chi connectivity index (χ4n) is 4.22. The monoisotopic (exact) mass is 367 g/mol. The summed E-state index contributed by atoms with van der Waals surface area (Å²) in [5, 5.41) is 0. The molecule has 0 radical (unpaired) electrons. The van der Waals surface area contributed by atoms with E-state index in [1.807, 2.05) is 18.3 Å². The molecule has 0 aliphatic carbocycles. The van der Waals surface area contributed by atoms with Crippen LogP contribution in [0.3, 0.4) is 0 Å². The largest absolute Gasteiger partial charge is 0.497 e. The molecule has 2 aromatic rings. The van der Waals surface area contributed by atoms with Crippen LogP contribution in [0, 0.1) is 5.92 Å². The summed E-state index contributed by atoms with van der Waals surface area (Å²) in [5.41, 5.74) is 2.33. The van der Waals surface area contributed by atoms with Crippen LogP contribution in [0.4, 0.5) is 0 Å². The zero-order valence-electron chi connectivity index (χ0n) is 17.0. The molecule has 0 saturated carbocycles. The van der Waals surface area contributed by atoms with Crippen molar-refractivity contribution in [2.45, 2.75) is 32.2 Å². The lowest BCUT2D eigenvalue weighted by molar-refractivity contribution is 0.142. The molecular weight excluding hydrogens is 334 g/mol. The highest BCUT2D eigenvalue weighted by molar-refractivity contribution is 5.34. The molecule has 1 aliphatic heterocycles. The van der Waals surface area contributed by atoms with E-state index in [9.17, 15) is 0 Å². The summed E-state index contributed by atoms with van der Waals surface area (Å²) in [7, 11) is 3.96. The molecule has 0 amide bonds. The highest BCUT2D eigenvalue weighted by atomic mass is 16.5. The Kier molecular flexibility index (Phi) is 7.25. The summed E-state index contributed by atoms with van der Waals surface area (Å²) in [6.07, 6.45) is 5.72. The summed E-state index contributed by atoms with van der Waals surface area (Å²) < 4.78 is 5.46. The van der Waals surface area contributed by atoms with Crippen LogP contribution >= 0.6 is 0 Å². The molecule has 1 aliphatic rings. The Hall–Kier alpha value is -1.91. The number of hydrogen-bond donors (Lipinski definition) is 0. The second-order valence-electron chi connectivity index (χ2n) is 7.66. The van der Waals surface area contributed by atoms with E-state index in [2.05, 4.69) is 59.1 Å². The van der Waals surface area contributed by atoms with Gasteiger partial charge in [0, 0.05) is 12.7 Å². The van der Waals surface area contributed by atoms with Crippen molar-refractivity contribution in [3.8, 4) is 5.75 Å². The standard InChI is InChI=1S/C23H33N3O/c1-4-14-26-15-11-19(12-16-26)18-25(2)23(22-10-5-6-13-24-22)20-8-7-9-21(17-20)27-3/h5-10,13,17,19,23H,4,11-12,14-16,18H2,1-3H3. The summed E-state index contributed by atoms with van der Waals surface area (Å²) in [5.74, 6) is 1.65. The number of likely N-dealkylation sites (tertiary alicyclic amines) is 1. The lowest BCUT2D eigenvalue weighted by atomic mass is 9.94. The molecule has 1 aromatic carbocycles. The van der Waals surface area contributed by atoms with Crippen LogP contribution in [0.25, 0.3) is 0 Å². The molecule has 0 bridgehead atoms. The molecule has 1 atom stereocenters. The molecule has 1 aromatic heterocycles. The Balaban J connectivity index is 1.75. The van der Waals surface area contributed by atoms with Gasteiger partial charge in [0.2, 0.25) is 0 Å².